The van der Waals surface area contributed by atoms with Crippen LogP contribution in [0.1, 0.15) is 29.8 Å². The Balaban J connectivity index is 1.66. The molecular weight excluding hydrogens is 206 g/mol. The smallest absolute Gasteiger partial charge is 0.374 e. The monoisotopic (exact) mass is 223 g/mol. The van der Waals surface area contributed by atoms with E-state index in [1.54, 1.807) is 12.1 Å². The van der Waals surface area contributed by atoms with Crippen molar-refractivity contribution in [2.45, 2.75) is 19.3 Å². The number of esters is 1. The zero-order chi connectivity index (χ0) is 11.2. The number of piperidine rings is 1. The normalized spacial score (nSPS) is 20.6. The highest BCUT2D eigenvalue weighted by atomic mass is 16.5. The number of ether oxygens (including phenoxy) is 1. The molecule has 1 N–H and O–H groups in total. The van der Waals surface area contributed by atoms with Gasteiger partial charge < -0.3 is 14.5 Å². The highest BCUT2D eigenvalue weighted by molar-refractivity contribution is 5.86. The summed E-state index contributed by atoms with van der Waals surface area (Å²) >= 11 is 0. The molecule has 1 fully saturated rings. The molecule has 2 heterocycles. The van der Waals surface area contributed by atoms with Crippen molar-refractivity contribution in [2.24, 2.45) is 5.92 Å². The molecule has 2 rings (SSSR count). The molecule has 4 nitrogen and oxygen atoms in total. The van der Waals surface area contributed by atoms with Crippen LogP contribution in [0.3, 0.4) is 0 Å². The number of hydrogen-bond donors (Lipinski definition) is 1. The van der Waals surface area contributed by atoms with E-state index in [0.29, 0.717) is 12.5 Å². The summed E-state index contributed by atoms with van der Waals surface area (Å²) in [4.78, 5) is 11.4. The average molecular weight is 223 g/mol. The van der Waals surface area contributed by atoms with Crippen molar-refractivity contribution in [2.75, 3.05) is 19.7 Å². The molecule has 1 saturated heterocycles. The summed E-state index contributed by atoms with van der Waals surface area (Å²) < 4.78 is 10.1. The van der Waals surface area contributed by atoms with E-state index >= 15 is 0 Å². The number of furan rings is 1. The third-order valence-electron chi connectivity index (χ3n) is 2.88. The van der Waals surface area contributed by atoms with Crippen molar-refractivity contribution in [3.8, 4) is 0 Å². The molecule has 0 spiro atoms. The molecule has 1 aliphatic heterocycles. The highest BCUT2D eigenvalue weighted by Gasteiger charge is 2.14. The fourth-order valence-corrected chi connectivity index (χ4v) is 1.95. The van der Waals surface area contributed by atoms with Crippen molar-refractivity contribution in [1.82, 2.24) is 5.32 Å². The molecule has 0 amide bonds. The maximum absolute atomic E-state index is 11.4. The van der Waals surface area contributed by atoms with Crippen LogP contribution in [0.4, 0.5) is 0 Å². The topological polar surface area (TPSA) is 51.5 Å². The lowest BCUT2D eigenvalue weighted by molar-refractivity contribution is 0.0441. The lowest BCUT2D eigenvalue weighted by atomic mass is 9.97. The molecule has 0 aliphatic carbocycles. The summed E-state index contributed by atoms with van der Waals surface area (Å²) in [6, 6.07) is 3.30. The standard InChI is InChI=1S/C12H17NO3/c14-12(11-4-2-7-15-11)16-8-5-10-3-1-6-13-9-10/h2,4,7,10,13H,1,3,5-6,8-9H2. The molecule has 1 aromatic rings. The van der Waals surface area contributed by atoms with E-state index in [9.17, 15) is 4.79 Å². The van der Waals surface area contributed by atoms with E-state index in [1.807, 2.05) is 0 Å². The van der Waals surface area contributed by atoms with Crippen LogP contribution in [0.15, 0.2) is 22.8 Å². The third kappa shape index (κ3) is 3.10. The molecule has 1 aromatic heterocycles. The molecule has 0 saturated carbocycles. The van der Waals surface area contributed by atoms with Gasteiger partial charge in [0, 0.05) is 0 Å². The second kappa shape index (κ2) is 5.70. The quantitative estimate of drug-likeness (QED) is 0.791. The van der Waals surface area contributed by atoms with Crippen molar-refractivity contribution in [3.05, 3.63) is 24.2 Å². The molecule has 16 heavy (non-hydrogen) atoms. The van der Waals surface area contributed by atoms with Crippen LogP contribution in [0, 0.1) is 5.92 Å². The van der Waals surface area contributed by atoms with E-state index < -0.39 is 0 Å². The number of hydrogen-bond acceptors (Lipinski definition) is 4. The number of nitrogens with one attached hydrogen (secondary N) is 1. The number of carbonyl (C=O) groups excluding carboxylic acids is 1. The molecule has 1 aliphatic rings. The van der Waals surface area contributed by atoms with Crippen molar-refractivity contribution >= 4 is 5.97 Å². The van der Waals surface area contributed by atoms with Gasteiger partial charge in [-0.2, -0.15) is 0 Å². The minimum atomic E-state index is -0.367. The van der Waals surface area contributed by atoms with E-state index in [4.69, 9.17) is 9.15 Å². The Bertz CT molecular complexity index is 315. The van der Waals surface area contributed by atoms with Crippen LogP contribution in [0.25, 0.3) is 0 Å². The molecule has 0 bridgehead atoms. The minimum absolute atomic E-state index is 0.279. The van der Waals surface area contributed by atoms with Crippen molar-refractivity contribution in [3.63, 3.8) is 0 Å². The zero-order valence-electron chi connectivity index (χ0n) is 9.28. The van der Waals surface area contributed by atoms with Gasteiger partial charge >= 0.3 is 5.97 Å². The maximum Gasteiger partial charge on any atom is 0.374 e. The van der Waals surface area contributed by atoms with Gasteiger partial charge in [-0.1, -0.05) is 0 Å². The Morgan fingerprint density at radius 1 is 1.62 bits per heavy atom. The molecule has 1 unspecified atom stereocenters. The van der Waals surface area contributed by atoms with Crippen LogP contribution in [0.5, 0.6) is 0 Å². The first-order valence-electron chi connectivity index (χ1n) is 5.77. The number of rotatable bonds is 4. The van der Waals surface area contributed by atoms with E-state index in [-0.39, 0.29) is 11.7 Å². The van der Waals surface area contributed by atoms with Crippen LogP contribution in [-0.4, -0.2) is 25.7 Å². The van der Waals surface area contributed by atoms with Gasteiger partial charge in [0.1, 0.15) is 0 Å². The SMILES string of the molecule is O=C(OCCC1CCCNC1)c1ccco1. The summed E-state index contributed by atoms with van der Waals surface area (Å²) in [7, 11) is 0. The van der Waals surface area contributed by atoms with Gasteiger partial charge in [0.25, 0.3) is 0 Å². The summed E-state index contributed by atoms with van der Waals surface area (Å²) in [6.07, 6.45) is 4.85. The van der Waals surface area contributed by atoms with Gasteiger partial charge in [-0.05, 0) is 50.4 Å². The predicted molar refractivity (Wildman–Crippen MR) is 59.2 cm³/mol. The molecular formula is C12H17NO3. The van der Waals surface area contributed by atoms with Gasteiger partial charge in [-0.3, -0.25) is 0 Å². The highest BCUT2D eigenvalue weighted by Crippen LogP contribution is 2.14. The molecule has 1 atom stereocenters. The van der Waals surface area contributed by atoms with Crippen LogP contribution in [-0.2, 0) is 4.74 Å². The predicted octanol–water partition coefficient (Wildman–Crippen LogP) is 1.83. The van der Waals surface area contributed by atoms with Gasteiger partial charge in [0.05, 0.1) is 12.9 Å². The number of carbonyl (C=O) groups is 1. The lowest BCUT2D eigenvalue weighted by Crippen LogP contribution is -2.30. The van der Waals surface area contributed by atoms with Gasteiger partial charge in [0.2, 0.25) is 5.76 Å². The first-order valence-corrected chi connectivity index (χ1v) is 5.77. The summed E-state index contributed by atoms with van der Waals surface area (Å²) in [5.74, 6) is 0.550. The fraction of sp³-hybridized carbons (Fsp3) is 0.583. The first-order chi connectivity index (χ1) is 7.86. The Kier molecular flexibility index (Phi) is 3.99. The van der Waals surface area contributed by atoms with Gasteiger partial charge in [-0.25, -0.2) is 4.79 Å². The van der Waals surface area contributed by atoms with Gasteiger partial charge in [-0.15, -0.1) is 0 Å². The Morgan fingerprint density at radius 3 is 3.25 bits per heavy atom. The summed E-state index contributed by atoms with van der Waals surface area (Å²) in [5, 5.41) is 3.34. The lowest BCUT2D eigenvalue weighted by Gasteiger charge is -2.22. The zero-order valence-corrected chi connectivity index (χ0v) is 9.28. The van der Waals surface area contributed by atoms with E-state index in [2.05, 4.69) is 5.32 Å². The van der Waals surface area contributed by atoms with Crippen molar-refractivity contribution < 1.29 is 13.9 Å². The van der Waals surface area contributed by atoms with Crippen LogP contribution >= 0.6 is 0 Å². The molecule has 0 radical (unpaired) electrons. The first kappa shape index (κ1) is 11.2. The maximum atomic E-state index is 11.4. The van der Waals surface area contributed by atoms with Gasteiger partial charge in [0.15, 0.2) is 0 Å². The molecule has 4 heteroatoms. The average Bonchev–Trinajstić information content (AvgIpc) is 2.84. The second-order valence-electron chi connectivity index (χ2n) is 4.11. The molecule has 88 valence electrons. The third-order valence-corrected chi connectivity index (χ3v) is 2.88. The largest absolute Gasteiger partial charge is 0.460 e. The minimum Gasteiger partial charge on any atom is -0.460 e. The molecule has 0 aromatic carbocycles. The summed E-state index contributed by atoms with van der Waals surface area (Å²) in [6.45, 7) is 2.63. The van der Waals surface area contributed by atoms with E-state index in [1.165, 1.54) is 19.1 Å². The van der Waals surface area contributed by atoms with E-state index in [0.717, 1.165) is 19.5 Å². The van der Waals surface area contributed by atoms with Crippen LogP contribution in [0.2, 0.25) is 0 Å². The van der Waals surface area contributed by atoms with Crippen LogP contribution < -0.4 is 5.32 Å². The Hall–Kier alpha value is -1.29. The second-order valence-corrected chi connectivity index (χ2v) is 4.11. The fourth-order valence-electron chi connectivity index (χ4n) is 1.95. The Morgan fingerprint density at radius 2 is 2.56 bits per heavy atom. The summed E-state index contributed by atoms with van der Waals surface area (Å²) in [5.41, 5.74) is 0. The van der Waals surface area contributed by atoms with Crippen molar-refractivity contribution in [1.29, 1.82) is 0 Å². The Labute approximate surface area is 95.0 Å².